The molecular formula is C18H23FN2. The van der Waals surface area contributed by atoms with Gasteiger partial charge in [-0.05, 0) is 44.2 Å². The molecule has 2 N–H and O–H groups in total. The standard InChI is InChI=1S/C18H23FN2/c1-13-4-8-16(9-5-13)18(14(2)20)21(3)12-15-6-10-17(19)11-7-15/h4-11,14,18H,12,20H2,1-3H3. The highest BCUT2D eigenvalue weighted by molar-refractivity contribution is 5.25. The maximum Gasteiger partial charge on any atom is 0.123 e. The number of halogens is 1. The van der Waals surface area contributed by atoms with E-state index in [9.17, 15) is 4.39 Å². The van der Waals surface area contributed by atoms with Gasteiger partial charge in [0.2, 0.25) is 0 Å². The number of nitrogens with two attached hydrogens (primary N) is 1. The van der Waals surface area contributed by atoms with Crippen molar-refractivity contribution in [1.82, 2.24) is 4.90 Å². The van der Waals surface area contributed by atoms with E-state index in [0.717, 1.165) is 12.1 Å². The number of benzene rings is 2. The van der Waals surface area contributed by atoms with Crippen molar-refractivity contribution < 1.29 is 4.39 Å². The molecule has 0 aliphatic heterocycles. The summed E-state index contributed by atoms with van der Waals surface area (Å²) in [5.41, 5.74) is 9.71. The lowest BCUT2D eigenvalue weighted by Crippen LogP contribution is -2.36. The summed E-state index contributed by atoms with van der Waals surface area (Å²) in [5.74, 6) is -0.205. The molecule has 0 heterocycles. The fourth-order valence-electron chi connectivity index (χ4n) is 2.70. The minimum absolute atomic E-state index is 0.0122. The summed E-state index contributed by atoms with van der Waals surface area (Å²) in [7, 11) is 2.05. The third kappa shape index (κ3) is 4.13. The quantitative estimate of drug-likeness (QED) is 0.909. The average Bonchev–Trinajstić information content (AvgIpc) is 2.43. The highest BCUT2D eigenvalue weighted by Crippen LogP contribution is 2.24. The molecule has 0 spiro atoms. The molecule has 2 nitrogen and oxygen atoms in total. The molecule has 2 aromatic rings. The Morgan fingerprint density at radius 2 is 1.62 bits per heavy atom. The molecule has 21 heavy (non-hydrogen) atoms. The van der Waals surface area contributed by atoms with E-state index in [1.165, 1.54) is 23.3 Å². The summed E-state index contributed by atoms with van der Waals surface area (Å²) in [5, 5.41) is 0. The van der Waals surface area contributed by atoms with Crippen LogP contribution in [0.4, 0.5) is 4.39 Å². The zero-order valence-electron chi connectivity index (χ0n) is 12.9. The van der Waals surface area contributed by atoms with E-state index in [-0.39, 0.29) is 17.9 Å². The van der Waals surface area contributed by atoms with Gasteiger partial charge in [0.1, 0.15) is 5.82 Å². The molecule has 2 unspecified atom stereocenters. The molecule has 2 aromatic carbocycles. The molecule has 0 radical (unpaired) electrons. The summed E-state index contributed by atoms with van der Waals surface area (Å²) in [4.78, 5) is 2.21. The van der Waals surface area contributed by atoms with Crippen LogP contribution >= 0.6 is 0 Å². The monoisotopic (exact) mass is 286 g/mol. The smallest absolute Gasteiger partial charge is 0.123 e. The number of nitrogens with zero attached hydrogens (tertiary/aromatic N) is 1. The Morgan fingerprint density at radius 1 is 1.05 bits per heavy atom. The number of likely N-dealkylation sites (N-methyl/N-ethyl adjacent to an activating group) is 1. The summed E-state index contributed by atoms with van der Waals surface area (Å²) in [6.45, 7) is 4.83. The molecule has 3 heteroatoms. The lowest BCUT2D eigenvalue weighted by atomic mass is 9.98. The lowest BCUT2D eigenvalue weighted by Gasteiger charge is -2.31. The highest BCUT2D eigenvalue weighted by atomic mass is 19.1. The van der Waals surface area contributed by atoms with Crippen LogP contribution in [0, 0.1) is 12.7 Å². The highest BCUT2D eigenvalue weighted by Gasteiger charge is 2.21. The van der Waals surface area contributed by atoms with Crippen LogP contribution in [0.3, 0.4) is 0 Å². The lowest BCUT2D eigenvalue weighted by molar-refractivity contribution is 0.211. The van der Waals surface area contributed by atoms with Crippen LogP contribution in [-0.4, -0.2) is 18.0 Å². The topological polar surface area (TPSA) is 29.3 Å². The van der Waals surface area contributed by atoms with Gasteiger partial charge in [-0.25, -0.2) is 4.39 Å². The van der Waals surface area contributed by atoms with E-state index in [1.807, 2.05) is 19.1 Å². The summed E-state index contributed by atoms with van der Waals surface area (Å²) < 4.78 is 13.0. The maximum absolute atomic E-state index is 13.0. The van der Waals surface area contributed by atoms with Gasteiger partial charge >= 0.3 is 0 Å². The second-order valence-electron chi connectivity index (χ2n) is 5.76. The third-order valence-electron chi connectivity index (χ3n) is 3.74. The Kier molecular flexibility index (Phi) is 5.10. The normalized spacial score (nSPS) is 14.2. The van der Waals surface area contributed by atoms with Crippen LogP contribution in [0.25, 0.3) is 0 Å². The molecule has 2 atom stereocenters. The second kappa shape index (κ2) is 6.83. The summed E-state index contributed by atoms with van der Waals surface area (Å²) in [6, 6.07) is 15.3. The minimum Gasteiger partial charge on any atom is -0.326 e. The van der Waals surface area contributed by atoms with E-state index in [0.29, 0.717) is 0 Å². The van der Waals surface area contributed by atoms with Gasteiger partial charge in [-0.15, -0.1) is 0 Å². The largest absolute Gasteiger partial charge is 0.326 e. The van der Waals surface area contributed by atoms with Gasteiger partial charge < -0.3 is 5.73 Å². The van der Waals surface area contributed by atoms with E-state index in [4.69, 9.17) is 5.73 Å². The van der Waals surface area contributed by atoms with Crippen molar-refractivity contribution in [3.05, 3.63) is 71.0 Å². The van der Waals surface area contributed by atoms with E-state index in [1.54, 1.807) is 0 Å². The number of hydrogen-bond acceptors (Lipinski definition) is 2. The molecule has 112 valence electrons. The average molecular weight is 286 g/mol. The molecular weight excluding hydrogens is 263 g/mol. The van der Waals surface area contributed by atoms with Crippen LogP contribution < -0.4 is 5.73 Å². The molecule has 0 aliphatic carbocycles. The first-order chi connectivity index (χ1) is 9.97. The van der Waals surface area contributed by atoms with E-state index >= 15 is 0 Å². The first-order valence-electron chi connectivity index (χ1n) is 7.24. The molecule has 0 saturated carbocycles. The summed E-state index contributed by atoms with van der Waals surface area (Å²) >= 11 is 0. The predicted octanol–water partition coefficient (Wildman–Crippen LogP) is 3.65. The Morgan fingerprint density at radius 3 is 2.14 bits per heavy atom. The van der Waals surface area contributed by atoms with Crippen LogP contribution in [0.15, 0.2) is 48.5 Å². The van der Waals surface area contributed by atoms with Crippen LogP contribution in [0.5, 0.6) is 0 Å². The third-order valence-corrected chi connectivity index (χ3v) is 3.74. The first-order valence-corrected chi connectivity index (χ1v) is 7.24. The van der Waals surface area contributed by atoms with Gasteiger partial charge in [-0.2, -0.15) is 0 Å². The van der Waals surface area contributed by atoms with Crippen LogP contribution in [0.1, 0.15) is 29.7 Å². The number of aryl methyl sites for hydroxylation is 1. The summed E-state index contributed by atoms with van der Waals surface area (Å²) in [6.07, 6.45) is 0. The second-order valence-corrected chi connectivity index (χ2v) is 5.76. The first kappa shape index (κ1) is 15.7. The maximum atomic E-state index is 13.0. The molecule has 0 aromatic heterocycles. The number of hydrogen-bond donors (Lipinski definition) is 1. The van der Waals surface area contributed by atoms with Crippen molar-refractivity contribution in [2.24, 2.45) is 5.73 Å². The number of rotatable bonds is 5. The van der Waals surface area contributed by atoms with Crippen molar-refractivity contribution in [2.75, 3.05) is 7.05 Å². The molecule has 0 aliphatic rings. The minimum atomic E-state index is -0.205. The fourth-order valence-corrected chi connectivity index (χ4v) is 2.70. The van der Waals surface area contributed by atoms with Crippen molar-refractivity contribution in [2.45, 2.75) is 32.5 Å². The van der Waals surface area contributed by atoms with Crippen molar-refractivity contribution in [1.29, 1.82) is 0 Å². The van der Waals surface area contributed by atoms with Crippen LogP contribution in [0.2, 0.25) is 0 Å². The predicted molar refractivity (Wildman–Crippen MR) is 85.4 cm³/mol. The zero-order valence-corrected chi connectivity index (χ0v) is 12.9. The van der Waals surface area contributed by atoms with Gasteiger partial charge in [-0.3, -0.25) is 4.90 Å². The van der Waals surface area contributed by atoms with Gasteiger partial charge in [-0.1, -0.05) is 42.0 Å². The SMILES string of the molecule is Cc1ccc(C(C(C)N)N(C)Cc2ccc(F)cc2)cc1. The molecule has 2 rings (SSSR count). The molecule has 0 bridgehead atoms. The molecule has 0 saturated heterocycles. The van der Waals surface area contributed by atoms with E-state index in [2.05, 4.69) is 43.1 Å². The van der Waals surface area contributed by atoms with Crippen molar-refractivity contribution in [3.8, 4) is 0 Å². The Hall–Kier alpha value is -1.71. The molecule has 0 amide bonds. The van der Waals surface area contributed by atoms with E-state index < -0.39 is 0 Å². The van der Waals surface area contributed by atoms with Gasteiger partial charge in [0.05, 0.1) is 0 Å². The Labute approximate surface area is 126 Å². The Bertz CT molecular complexity index is 561. The van der Waals surface area contributed by atoms with Crippen molar-refractivity contribution in [3.63, 3.8) is 0 Å². The Balaban J connectivity index is 2.17. The van der Waals surface area contributed by atoms with Gasteiger partial charge in [0.15, 0.2) is 0 Å². The van der Waals surface area contributed by atoms with Crippen LogP contribution in [-0.2, 0) is 6.54 Å². The fraction of sp³-hybridized carbons (Fsp3) is 0.333. The van der Waals surface area contributed by atoms with Crippen molar-refractivity contribution >= 4 is 0 Å². The zero-order chi connectivity index (χ0) is 15.4. The van der Waals surface area contributed by atoms with Gasteiger partial charge in [0, 0.05) is 18.6 Å². The van der Waals surface area contributed by atoms with Gasteiger partial charge in [0.25, 0.3) is 0 Å². The molecule has 0 fully saturated rings.